The average Bonchev–Trinajstić information content (AvgIpc) is 2.48. The fourth-order valence-corrected chi connectivity index (χ4v) is 4.35. The zero-order chi connectivity index (χ0) is 12.7. The molecule has 2 N–H and O–H groups in total. The lowest BCUT2D eigenvalue weighted by atomic mass is 9.91. The normalized spacial score (nSPS) is 27.2. The summed E-state index contributed by atoms with van der Waals surface area (Å²) in [5, 5.41) is 0.291. The van der Waals surface area contributed by atoms with Gasteiger partial charge in [-0.05, 0) is 25.0 Å². The molecule has 0 aromatic heterocycles. The third kappa shape index (κ3) is 2.78. The van der Waals surface area contributed by atoms with Crippen molar-refractivity contribution in [3.63, 3.8) is 0 Å². The fraction of sp³-hybridized carbons (Fsp3) is 0.455. The van der Waals surface area contributed by atoms with Gasteiger partial charge >= 0.3 is 0 Å². The van der Waals surface area contributed by atoms with E-state index in [1.54, 1.807) is 6.07 Å². The first kappa shape index (κ1) is 12.8. The summed E-state index contributed by atoms with van der Waals surface area (Å²) >= 11 is 5.90. The fourth-order valence-electron chi connectivity index (χ4n) is 2.13. The summed E-state index contributed by atoms with van der Waals surface area (Å²) in [7, 11) is -3.09. The summed E-state index contributed by atoms with van der Waals surface area (Å²) in [4.78, 5) is 0. The third-order valence-electron chi connectivity index (χ3n) is 3.01. The molecule has 0 spiro atoms. The summed E-state index contributed by atoms with van der Waals surface area (Å²) in [6.45, 7) is 0. The van der Waals surface area contributed by atoms with Crippen molar-refractivity contribution in [1.82, 2.24) is 0 Å². The second kappa shape index (κ2) is 4.23. The molecule has 0 bridgehead atoms. The Kier molecular flexibility index (Phi) is 3.18. The zero-order valence-electron chi connectivity index (χ0n) is 9.12. The van der Waals surface area contributed by atoms with E-state index in [1.807, 2.05) is 0 Å². The van der Waals surface area contributed by atoms with E-state index >= 15 is 0 Å². The minimum atomic E-state index is -3.09. The van der Waals surface area contributed by atoms with Gasteiger partial charge < -0.3 is 5.73 Å². The summed E-state index contributed by atoms with van der Waals surface area (Å²) in [6.07, 6.45) is 0.498. The van der Waals surface area contributed by atoms with Gasteiger partial charge in [0.25, 0.3) is 0 Å². The van der Waals surface area contributed by atoms with Crippen LogP contribution in [0.1, 0.15) is 12.0 Å². The molecule has 17 heavy (non-hydrogen) atoms. The van der Waals surface area contributed by atoms with E-state index in [-0.39, 0.29) is 17.9 Å². The Bertz CT molecular complexity index is 526. The van der Waals surface area contributed by atoms with E-state index in [0.717, 1.165) is 0 Å². The van der Waals surface area contributed by atoms with Crippen LogP contribution in [0.4, 0.5) is 4.39 Å². The third-order valence-corrected chi connectivity index (χ3v) is 5.20. The molecular formula is C11H13ClFNO2S. The highest BCUT2D eigenvalue weighted by molar-refractivity contribution is 7.91. The highest BCUT2D eigenvalue weighted by Gasteiger charge is 2.39. The van der Waals surface area contributed by atoms with Gasteiger partial charge in [-0.2, -0.15) is 0 Å². The van der Waals surface area contributed by atoms with Crippen molar-refractivity contribution >= 4 is 21.4 Å². The van der Waals surface area contributed by atoms with E-state index in [4.69, 9.17) is 17.3 Å². The Hall–Kier alpha value is -0.650. The van der Waals surface area contributed by atoms with Gasteiger partial charge in [0.15, 0.2) is 9.84 Å². The summed E-state index contributed by atoms with van der Waals surface area (Å²) in [5.74, 6) is -0.480. The SMILES string of the molecule is NC1(Cc2c(F)cccc2Cl)CCS(=O)(=O)C1. The smallest absolute Gasteiger partial charge is 0.152 e. The van der Waals surface area contributed by atoms with Crippen molar-refractivity contribution in [2.75, 3.05) is 11.5 Å². The molecule has 1 saturated heterocycles. The van der Waals surface area contributed by atoms with Gasteiger partial charge in [0.05, 0.1) is 11.5 Å². The minimum absolute atomic E-state index is 0.0651. The predicted molar refractivity (Wildman–Crippen MR) is 65.3 cm³/mol. The molecule has 1 atom stereocenters. The first-order chi connectivity index (χ1) is 7.81. The molecule has 0 saturated carbocycles. The summed E-state index contributed by atoms with van der Waals surface area (Å²) < 4.78 is 36.4. The van der Waals surface area contributed by atoms with Gasteiger partial charge in [-0.25, -0.2) is 12.8 Å². The number of rotatable bonds is 2. The maximum atomic E-state index is 13.6. The van der Waals surface area contributed by atoms with Crippen LogP contribution in [0.5, 0.6) is 0 Å². The zero-order valence-corrected chi connectivity index (χ0v) is 10.7. The van der Waals surface area contributed by atoms with Crippen LogP contribution in [0.25, 0.3) is 0 Å². The standard InChI is InChI=1S/C11H13ClFNO2S/c12-9-2-1-3-10(13)8(9)6-11(14)4-5-17(15,16)7-11/h1-3H,4-7,14H2. The number of nitrogens with two attached hydrogens (primary N) is 1. The largest absolute Gasteiger partial charge is 0.324 e. The van der Waals surface area contributed by atoms with E-state index in [9.17, 15) is 12.8 Å². The minimum Gasteiger partial charge on any atom is -0.324 e. The Balaban J connectivity index is 2.28. The molecule has 1 aromatic carbocycles. The lowest BCUT2D eigenvalue weighted by Crippen LogP contribution is -2.43. The second-order valence-electron chi connectivity index (χ2n) is 4.58. The first-order valence-electron chi connectivity index (χ1n) is 5.24. The second-order valence-corrected chi connectivity index (χ2v) is 7.17. The van der Waals surface area contributed by atoms with Gasteiger partial charge in [0.1, 0.15) is 5.82 Å². The monoisotopic (exact) mass is 277 g/mol. The maximum Gasteiger partial charge on any atom is 0.152 e. The molecule has 0 amide bonds. The van der Waals surface area contributed by atoms with Crippen LogP contribution in [0, 0.1) is 5.82 Å². The quantitative estimate of drug-likeness (QED) is 0.892. The molecule has 1 heterocycles. The highest BCUT2D eigenvalue weighted by Crippen LogP contribution is 2.29. The van der Waals surface area contributed by atoms with Crippen LogP contribution in [0.15, 0.2) is 18.2 Å². The molecule has 0 aliphatic carbocycles. The lowest BCUT2D eigenvalue weighted by Gasteiger charge is -2.22. The van der Waals surface area contributed by atoms with E-state index in [0.29, 0.717) is 17.0 Å². The van der Waals surface area contributed by atoms with Crippen molar-refractivity contribution in [2.45, 2.75) is 18.4 Å². The van der Waals surface area contributed by atoms with Crippen molar-refractivity contribution in [3.05, 3.63) is 34.6 Å². The molecule has 3 nitrogen and oxygen atoms in total. The summed E-state index contributed by atoms with van der Waals surface area (Å²) in [5.41, 5.74) is 5.40. The molecule has 1 unspecified atom stereocenters. The molecule has 2 rings (SSSR count). The molecule has 6 heteroatoms. The van der Waals surface area contributed by atoms with Gasteiger partial charge in [-0.1, -0.05) is 17.7 Å². The Labute approximate surface area is 105 Å². The predicted octanol–water partition coefficient (Wildman–Crippen LogP) is 1.54. The Morgan fingerprint density at radius 1 is 1.47 bits per heavy atom. The van der Waals surface area contributed by atoms with Crippen LogP contribution >= 0.6 is 11.6 Å². The molecule has 94 valence electrons. The van der Waals surface area contributed by atoms with Crippen LogP contribution in [-0.2, 0) is 16.3 Å². The van der Waals surface area contributed by atoms with E-state index in [2.05, 4.69) is 0 Å². The molecule has 1 aliphatic rings. The topological polar surface area (TPSA) is 60.2 Å². The number of hydrogen-bond donors (Lipinski definition) is 1. The molecule has 1 fully saturated rings. The number of halogens is 2. The van der Waals surface area contributed by atoms with Gasteiger partial charge in [0.2, 0.25) is 0 Å². The Morgan fingerprint density at radius 3 is 2.71 bits per heavy atom. The van der Waals surface area contributed by atoms with Crippen molar-refractivity contribution in [3.8, 4) is 0 Å². The van der Waals surface area contributed by atoms with Crippen molar-refractivity contribution in [2.24, 2.45) is 5.73 Å². The first-order valence-corrected chi connectivity index (χ1v) is 7.43. The van der Waals surface area contributed by atoms with Crippen molar-refractivity contribution < 1.29 is 12.8 Å². The Morgan fingerprint density at radius 2 is 2.18 bits per heavy atom. The maximum absolute atomic E-state index is 13.6. The molecule has 0 radical (unpaired) electrons. The van der Waals surface area contributed by atoms with Gasteiger partial charge in [-0.15, -0.1) is 0 Å². The van der Waals surface area contributed by atoms with Crippen LogP contribution in [0.3, 0.4) is 0 Å². The molecule has 1 aromatic rings. The summed E-state index contributed by atoms with van der Waals surface area (Å²) in [6, 6.07) is 4.39. The van der Waals surface area contributed by atoms with Crippen molar-refractivity contribution in [1.29, 1.82) is 0 Å². The van der Waals surface area contributed by atoms with E-state index in [1.165, 1.54) is 12.1 Å². The number of sulfone groups is 1. The van der Waals surface area contributed by atoms with Crippen LogP contribution < -0.4 is 5.73 Å². The highest BCUT2D eigenvalue weighted by atomic mass is 35.5. The molecule has 1 aliphatic heterocycles. The van der Waals surface area contributed by atoms with Crippen LogP contribution in [-0.4, -0.2) is 25.5 Å². The van der Waals surface area contributed by atoms with Crippen LogP contribution in [0.2, 0.25) is 5.02 Å². The number of benzene rings is 1. The van der Waals surface area contributed by atoms with Gasteiger partial charge in [0, 0.05) is 16.1 Å². The average molecular weight is 278 g/mol. The number of hydrogen-bond acceptors (Lipinski definition) is 3. The van der Waals surface area contributed by atoms with Gasteiger partial charge in [-0.3, -0.25) is 0 Å². The molecular weight excluding hydrogens is 265 g/mol. The lowest BCUT2D eigenvalue weighted by molar-refractivity contribution is 0.463. The van der Waals surface area contributed by atoms with E-state index < -0.39 is 21.2 Å².